The quantitative estimate of drug-likeness (QED) is 0.155. The van der Waals surface area contributed by atoms with Crippen molar-refractivity contribution in [2.75, 3.05) is 9.80 Å². The Labute approximate surface area is 242 Å². The summed E-state index contributed by atoms with van der Waals surface area (Å²) in [5.74, 6) is 2.53. The summed E-state index contributed by atoms with van der Waals surface area (Å²) in [6.45, 7) is 14.6. The molecule has 0 saturated carbocycles. The summed E-state index contributed by atoms with van der Waals surface area (Å²) >= 11 is 0. The highest BCUT2D eigenvalue weighted by Gasteiger charge is 2.20. The maximum atomic E-state index is 13.6. The Morgan fingerprint density at radius 1 is 0.900 bits per heavy atom. The van der Waals surface area contributed by atoms with E-state index < -0.39 is 0 Å². The number of nitrogens with zero attached hydrogens (tertiary/aromatic N) is 2. The number of terminal acetylenes is 1. The van der Waals surface area contributed by atoms with Gasteiger partial charge in [-0.05, 0) is 56.2 Å². The standard InChI is InChI=1S/C29H26N2O.C5H10.C3H8/c1-4-6-15-24(3)31(27-19-11-8-12-20-27)23-25-16-13-14-21-28(25)29(32)30(22-5-2)26-17-9-7-10-18-26;1-3-5-4-2;1-3-2/h1,7-22H,2,6,23H2,3H3;3,5H,4H2,1-2H3;3H2,1-2H3/b24-15+;5-3-;. The summed E-state index contributed by atoms with van der Waals surface area (Å²) in [6, 6.07) is 27.2. The van der Waals surface area contributed by atoms with Crippen LogP contribution in [0.1, 0.15) is 69.8 Å². The Morgan fingerprint density at radius 3 is 1.95 bits per heavy atom. The topological polar surface area (TPSA) is 23.6 Å². The van der Waals surface area contributed by atoms with Crippen molar-refractivity contribution >= 4 is 17.3 Å². The first-order valence-electron chi connectivity index (χ1n) is 13.8. The fraction of sp³-hybridized carbons (Fsp3) is 0.243. The van der Waals surface area contributed by atoms with Crippen molar-refractivity contribution in [1.82, 2.24) is 0 Å². The third-order valence-corrected chi connectivity index (χ3v) is 5.53. The van der Waals surface area contributed by atoms with Gasteiger partial charge in [0, 0.05) is 35.6 Å². The van der Waals surface area contributed by atoms with Crippen LogP contribution in [-0.2, 0) is 6.54 Å². The van der Waals surface area contributed by atoms with E-state index in [1.165, 1.54) is 6.42 Å². The molecule has 0 radical (unpaired) electrons. The highest BCUT2D eigenvalue weighted by molar-refractivity contribution is 6.08. The second kappa shape index (κ2) is 20.5. The fourth-order valence-electron chi connectivity index (χ4n) is 3.68. The summed E-state index contributed by atoms with van der Waals surface area (Å²) in [7, 11) is 0. The Morgan fingerprint density at radius 2 is 1.45 bits per heavy atom. The van der Waals surface area contributed by atoms with Crippen molar-refractivity contribution in [2.45, 2.75) is 60.4 Å². The number of carbonyl (C=O) groups excluding carboxylic acids is 1. The highest BCUT2D eigenvalue weighted by Crippen LogP contribution is 2.25. The minimum atomic E-state index is -0.138. The first-order chi connectivity index (χ1) is 19.5. The minimum Gasteiger partial charge on any atom is -0.341 e. The molecule has 3 aromatic carbocycles. The molecule has 0 fully saturated rings. The number of carbonyl (C=O) groups is 1. The zero-order valence-electron chi connectivity index (χ0n) is 24.8. The van der Waals surface area contributed by atoms with E-state index in [4.69, 9.17) is 6.42 Å². The van der Waals surface area contributed by atoms with Crippen LogP contribution in [0.15, 0.2) is 127 Å². The first-order valence-corrected chi connectivity index (χ1v) is 13.8. The lowest BCUT2D eigenvalue weighted by Crippen LogP contribution is -2.28. The average molecular weight is 533 g/mol. The number of allylic oxidation sites excluding steroid dienone is 4. The van der Waals surface area contributed by atoms with Gasteiger partial charge in [-0.3, -0.25) is 9.69 Å². The Hall–Kier alpha value is -4.51. The van der Waals surface area contributed by atoms with Crippen LogP contribution in [0.4, 0.5) is 11.4 Å². The lowest BCUT2D eigenvalue weighted by Gasteiger charge is -2.27. The summed E-state index contributed by atoms with van der Waals surface area (Å²) in [5.41, 5.74) is 7.09. The van der Waals surface area contributed by atoms with E-state index in [-0.39, 0.29) is 5.91 Å². The van der Waals surface area contributed by atoms with Gasteiger partial charge >= 0.3 is 0 Å². The van der Waals surface area contributed by atoms with Crippen molar-refractivity contribution < 1.29 is 4.79 Å². The molecule has 40 heavy (non-hydrogen) atoms. The van der Waals surface area contributed by atoms with Crippen molar-refractivity contribution in [3.8, 4) is 12.3 Å². The van der Waals surface area contributed by atoms with Crippen LogP contribution in [0.5, 0.6) is 0 Å². The lowest BCUT2D eigenvalue weighted by atomic mass is 10.0. The van der Waals surface area contributed by atoms with Gasteiger partial charge in [0.1, 0.15) is 0 Å². The fourth-order valence-corrected chi connectivity index (χ4v) is 3.68. The smallest absolute Gasteiger partial charge is 0.263 e. The van der Waals surface area contributed by atoms with Gasteiger partial charge in [-0.15, -0.1) is 18.1 Å². The van der Waals surface area contributed by atoms with E-state index in [2.05, 4.69) is 56.1 Å². The second-order valence-electron chi connectivity index (χ2n) is 8.86. The number of para-hydroxylation sites is 2. The van der Waals surface area contributed by atoms with Crippen LogP contribution >= 0.6 is 0 Å². The van der Waals surface area contributed by atoms with Gasteiger partial charge in [-0.1, -0.05) is 107 Å². The SMILES string of the molecule is C#CC/C=C(\C)N(Cc1ccccc1C(=O)N(C=C=C)c1ccccc1)c1ccccc1.C/C=C\CC.CCC. The number of benzene rings is 3. The van der Waals surface area contributed by atoms with Crippen LogP contribution in [0.3, 0.4) is 0 Å². The maximum absolute atomic E-state index is 13.6. The molecule has 0 aromatic heterocycles. The van der Waals surface area contributed by atoms with Crippen LogP contribution in [0.25, 0.3) is 0 Å². The van der Waals surface area contributed by atoms with Crippen LogP contribution in [0.2, 0.25) is 0 Å². The van der Waals surface area contributed by atoms with E-state index in [9.17, 15) is 4.79 Å². The minimum absolute atomic E-state index is 0.138. The second-order valence-corrected chi connectivity index (χ2v) is 8.86. The molecule has 0 bridgehead atoms. The summed E-state index contributed by atoms with van der Waals surface area (Å²) < 4.78 is 0. The van der Waals surface area contributed by atoms with Crippen LogP contribution in [0, 0.1) is 12.3 Å². The molecule has 0 aliphatic rings. The van der Waals surface area contributed by atoms with Crippen molar-refractivity contribution in [3.63, 3.8) is 0 Å². The summed E-state index contributed by atoms with van der Waals surface area (Å²) in [5, 5.41) is 0. The molecule has 0 heterocycles. The lowest BCUT2D eigenvalue weighted by molar-refractivity contribution is 0.0997. The molecule has 0 aliphatic carbocycles. The Bertz CT molecular complexity index is 1280. The van der Waals surface area contributed by atoms with Gasteiger partial charge in [-0.2, -0.15) is 0 Å². The third-order valence-electron chi connectivity index (χ3n) is 5.53. The van der Waals surface area contributed by atoms with Gasteiger partial charge in [-0.25, -0.2) is 0 Å². The zero-order chi connectivity index (χ0) is 29.6. The summed E-state index contributed by atoms with van der Waals surface area (Å²) in [6.07, 6.45) is 16.2. The normalized spacial score (nSPS) is 10.2. The molecule has 1 amide bonds. The zero-order valence-corrected chi connectivity index (χ0v) is 24.8. The molecular weight excluding hydrogens is 488 g/mol. The predicted octanol–water partition coefficient (Wildman–Crippen LogP) is 9.95. The number of amides is 1. The molecule has 208 valence electrons. The molecule has 3 rings (SSSR count). The maximum Gasteiger partial charge on any atom is 0.263 e. The monoisotopic (exact) mass is 532 g/mol. The summed E-state index contributed by atoms with van der Waals surface area (Å²) in [4.78, 5) is 17.3. The number of hydrogen-bond donors (Lipinski definition) is 0. The Kier molecular flexibility index (Phi) is 17.1. The first kappa shape index (κ1) is 33.5. The molecular formula is C37H44N2O. The van der Waals surface area contributed by atoms with E-state index in [0.717, 1.165) is 29.1 Å². The molecule has 3 aromatic rings. The molecule has 0 saturated heterocycles. The molecule has 0 N–H and O–H groups in total. The van der Waals surface area contributed by atoms with Gasteiger partial charge in [0.15, 0.2) is 0 Å². The third kappa shape index (κ3) is 11.5. The molecule has 0 unspecified atom stereocenters. The number of anilines is 2. The predicted molar refractivity (Wildman–Crippen MR) is 174 cm³/mol. The van der Waals surface area contributed by atoms with Crippen molar-refractivity contribution in [1.29, 1.82) is 0 Å². The van der Waals surface area contributed by atoms with Gasteiger partial charge < -0.3 is 4.90 Å². The van der Waals surface area contributed by atoms with Crippen molar-refractivity contribution in [3.05, 3.63) is 138 Å². The molecule has 0 spiro atoms. The van der Waals surface area contributed by atoms with Crippen LogP contribution < -0.4 is 9.80 Å². The van der Waals surface area contributed by atoms with Gasteiger partial charge in [0.05, 0.1) is 6.20 Å². The van der Waals surface area contributed by atoms with Crippen LogP contribution in [-0.4, -0.2) is 5.91 Å². The molecule has 0 aliphatic heterocycles. The number of hydrogen-bond acceptors (Lipinski definition) is 2. The molecule has 3 nitrogen and oxygen atoms in total. The van der Waals surface area contributed by atoms with Crippen molar-refractivity contribution in [2.24, 2.45) is 0 Å². The largest absolute Gasteiger partial charge is 0.341 e. The van der Waals surface area contributed by atoms with E-state index in [0.29, 0.717) is 18.5 Å². The molecule has 3 heteroatoms. The van der Waals surface area contributed by atoms with E-state index in [1.807, 2.05) is 105 Å². The van der Waals surface area contributed by atoms with E-state index >= 15 is 0 Å². The van der Waals surface area contributed by atoms with Gasteiger partial charge in [0.25, 0.3) is 5.91 Å². The average Bonchev–Trinajstić information content (AvgIpc) is 2.99. The highest BCUT2D eigenvalue weighted by atomic mass is 16.2. The van der Waals surface area contributed by atoms with Gasteiger partial charge in [0.2, 0.25) is 0 Å². The number of rotatable bonds is 9. The molecule has 0 atom stereocenters. The van der Waals surface area contributed by atoms with E-state index in [1.54, 1.807) is 11.1 Å². The Balaban J connectivity index is 0.000000884.